The number of carbonyl (C=O) groups is 1. The predicted molar refractivity (Wildman–Crippen MR) is 110 cm³/mol. The lowest BCUT2D eigenvalue weighted by Crippen LogP contribution is -2.52. The van der Waals surface area contributed by atoms with Crippen LogP contribution in [0.2, 0.25) is 0 Å². The molecule has 1 aliphatic carbocycles. The number of guanidine groups is 1. The molecule has 2 N–H and O–H groups in total. The summed E-state index contributed by atoms with van der Waals surface area (Å²) in [5.74, 6) is 1.62. The highest BCUT2D eigenvalue weighted by molar-refractivity contribution is 14.0. The lowest BCUT2D eigenvalue weighted by Gasteiger charge is -2.38. The average Bonchev–Trinajstić information content (AvgIpc) is 2.52. The summed E-state index contributed by atoms with van der Waals surface area (Å²) in [7, 11) is 1.81. The monoisotopic (exact) mass is 451 g/mol. The SMILES string of the molecule is CCCCNC(=NC)NCCN1CCN(C(=O)C2CCC2)CC1.I. The van der Waals surface area contributed by atoms with E-state index in [9.17, 15) is 4.79 Å². The fourth-order valence-corrected chi connectivity index (χ4v) is 3.04. The molecule has 0 aromatic heterocycles. The first-order chi connectivity index (χ1) is 11.2. The van der Waals surface area contributed by atoms with E-state index in [0.717, 1.165) is 71.0 Å². The number of piperazine rings is 1. The lowest BCUT2D eigenvalue weighted by atomic mass is 9.84. The van der Waals surface area contributed by atoms with E-state index in [-0.39, 0.29) is 24.0 Å². The van der Waals surface area contributed by atoms with Crippen LogP contribution in [0.15, 0.2) is 4.99 Å². The second-order valence-corrected chi connectivity index (χ2v) is 6.57. The van der Waals surface area contributed by atoms with Crippen molar-refractivity contribution in [2.45, 2.75) is 39.0 Å². The minimum Gasteiger partial charge on any atom is -0.356 e. The summed E-state index contributed by atoms with van der Waals surface area (Å²) < 4.78 is 0. The van der Waals surface area contributed by atoms with Gasteiger partial charge >= 0.3 is 0 Å². The van der Waals surface area contributed by atoms with Crippen molar-refractivity contribution >= 4 is 35.8 Å². The van der Waals surface area contributed by atoms with Gasteiger partial charge < -0.3 is 15.5 Å². The molecule has 1 saturated heterocycles. The Morgan fingerprint density at radius 2 is 1.79 bits per heavy atom. The van der Waals surface area contributed by atoms with Crippen molar-refractivity contribution in [2.75, 3.05) is 52.9 Å². The number of rotatable bonds is 7. The van der Waals surface area contributed by atoms with Crippen LogP contribution in [0.1, 0.15) is 39.0 Å². The van der Waals surface area contributed by atoms with Crippen LogP contribution in [-0.2, 0) is 4.79 Å². The molecule has 2 fully saturated rings. The van der Waals surface area contributed by atoms with Gasteiger partial charge in [-0.3, -0.25) is 14.7 Å². The number of carbonyl (C=O) groups excluding carboxylic acids is 1. The number of halogens is 1. The Bertz CT molecular complexity index is 392. The van der Waals surface area contributed by atoms with Gasteiger partial charge in [-0.2, -0.15) is 0 Å². The predicted octanol–water partition coefficient (Wildman–Crippen LogP) is 1.51. The third-order valence-corrected chi connectivity index (χ3v) is 4.91. The summed E-state index contributed by atoms with van der Waals surface area (Å²) in [5.41, 5.74) is 0. The Kier molecular flexibility index (Phi) is 10.6. The molecule has 1 heterocycles. The molecular formula is C17H34IN5O. The zero-order chi connectivity index (χ0) is 16.5. The van der Waals surface area contributed by atoms with E-state index in [0.29, 0.717) is 11.8 Å². The van der Waals surface area contributed by atoms with E-state index in [1.54, 1.807) is 0 Å². The number of hydrogen-bond acceptors (Lipinski definition) is 3. The smallest absolute Gasteiger partial charge is 0.225 e. The number of amides is 1. The fourth-order valence-electron chi connectivity index (χ4n) is 3.04. The van der Waals surface area contributed by atoms with Crippen LogP contribution in [0.4, 0.5) is 0 Å². The molecule has 2 rings (SSSR count). The highest BCUT2D eigenvalue weighted by Crippen LogP contribution is 2.28. The van der Waals surface area contributed by atoms with Crippen LogP contribution in [0, 0.1) is 5.92 Å². The molecule has 0 aromatic rings. The van der Waals surface area contributed by atoms with Gasteiger partial charge in [0.1, 0.15) is 0 Å². The second-order valence-electron chi connectivity index (χ2n) is 6.57. The highest BCUT2D eigenvalue weighted by Gasteiger charge is 2.30. The first-order valence-electron chi connectivity index (χ1n) is 9.20. The van der Waals surface area contributed by atoms with E-state index in [2.05, 4.69) is 32.3 Å². The number of unbranched alkanes of at least 4 members (excludes halogenated alkanes) is 1. The third-order valence-electron chi connectivity index (χ3n) is 4.91. The zero-order valence-electron chi connectivity index (χ0n) is 15.2. The van der Waals surface area contributed by atoms with Crippen LogP contribution >= 0.6 is 24.0 Å². The maximum absolute atomic E-state index is 12.2. The molecule has 7 heteroatoms. The standard InChI is InChI=1S/C17H33N5O.HI/c1-3-4-8-19-17(18-2)20-9-10-21-11-13-22(14-12-21)16(23)15-6-5-7-15;/h15H,3-14H2,1-2H3,(H2,18,19,20);1H. The molecule has 0 unspecified atom stereocenters. The summed E-state index contributed by atoms with van der Waals surface area (Å²) >= 11 is 0. The van der Waals surface area contributed by atoms with E-state index >= 15 is 0 Å². The summed E-state index contributed by atoms with van der Waals surface area (Å²) in [6.07, 6.45) is 5.79. The Balaban J connectivity index is 0.00000288. The molecule has 1 amide bonds. The molecule has 6 nitrogen and oxygen atoms in total. The van der Waals surface area contributed by atoms with E-state index < -0.39 is 0 Å². The molecule has 0 bridgehead atoms. The highest BCUT2D eigenvalue weighted by atomic mass is 127. The molecule has 0 radical (unpaired) electrons. The zero-order valence-corrected chi connectivity index (χ0v) is 17.6. The molecule has 0 atom stereocenters. The first-order valence-corrected chi connectivity index (χ1v) is 9.20. The number of hydrogen-bond donors (Lipinski definition) is 2. The van der Waals surface area contributed by atoms with Crippen LogP contribution in [0.3, 0.4) is 0 Å². The van der Waals surface area contributed by atoms with Gasteiger partial charge in [-0.1, -0.05) is 19.8 Å². The molecule has 2 aliphatic rings. The summed E-state index contributed by atoms with van der Waals surface area (Å²) in [6.45, 7) is 8.80. The van der Waals surface area contributed by atoms with Gasteiger partial charge in [-0.15, -0.1) is 24.0 Å². The molecule has 1 aliphatic heterocycles. The van der Waals surface area contributed by atoms with Crippen LogP contribution < -0.4 is 10.6 Å². The van der Waals surface area contributed by atoms with Crippen molar-refractivity contribution in [3.63, 3.8) is 0 Å². The first kappa shape index (κ1) is 21.5. The van der Waals surface area contributed by atoms with Gasteiger partial charge in [0.25, 0.3) is 0 Å². The summed E-state index contributed by atoms with van der Waals surface area (Å²) in [4.78, 5) is 21.0. The molecule has 1 saturated carbocycles. The Morgan fingerprint density at radius 1 is 1.12 bits per heavy atom. The summed E-state index contributed by atoms with van der Waals surface area (Å²) in [5, 5.41) is 6.69. The molecule has 0 aromatic carbocycles. The number of aliphatic imine (C=N–C) groups is 1. The second kappa shape index (κ2) is 11.9. The third kappa shape index (κ3) is 6.74. The van der Waals surface area contributed by atoms with Crippen molar-refractivity contribution in [3.05, 3.63) is 0 Å². The van der Waals surface area contributed by atoms with Gasteiger partial charge in [-0.25, -0.2) is 0 Å². The van der Waals surface area contributed by atoms with Crippen molar-refractivity contribution < 1.29 is 4.79 Å². The Labute approximate surface area is 163 Å². The molecular weight excluding hydrogens is 417 g/mol. The Morgan fingerprint density at radius 3 is 2.33 bits per heavy atom. The molecule has 140 valence electrons. The largest absolute Gasteiger partial charge is 0.356 e. The van der Waals surface area contributed by atoms with Crippen LogP contribution in [0.5, 0.6) is 0 Å². The Hall–Kier alpha value is -0.570. The van der Waals surface area contributed by atoms with Gasteiger partial charge in [0.2, 0.25) is 5.91 Å². The van der Waals surface area contributed by atoms with Crippen LogP contribution in [0.25, 0.3) is 0 Å². The number of nitrogens with one attached hydrogen (secondary N) is 2. The van der Waals surface area contributed by atoms with E-state index in [4.69, 9.17) is 0 Å². The minimum atomic E-state index is 0. The fraction of sp³-hybridized carbons (Fsp3) is 0.882. The van der Waals surface area contributed by atoms with Crippen LogP contribution in [-0.4, -0.2) is 74.5 Å². The normalized spacial score (nSPS) is 19.4. The van der Waals surface area contributed by atoms with Crippen molar-refractivity contribution in [3.8, 4) is 0 Å². The quantitative estimate of drug-likeness (QED) is 0.267. The van der Waals surface area contributed by atoms with Gasteiger partial charge in [-0.05, 0) is 19.3 Å². The van der Waals surface area contributed by atoms with Crippen molar-refractivity contribution in [1.82, 2.24) is 20.4 Å². The average molecular weight is 451 g/mol. The lowest BCUT2D eigenvalue weighted by molar-refractivity contribution is -0.139. The van der Waals surface area contributed by atoms with E-state index in [1.807, 2.05) is 7.05 Å². The van der Waals surface area contributed by atoms with Gasteiger partial charge in [0.05, 0.1) is 0 Å². The van der Waals surface area contributed by atoms with E-state index in [1.165, 1.54) is 12.8 Å². The topological polar surface area (TPSA) is 60.0 Å². The van der Waals surface area contributed by atoms with Crippen molar-refractivity contribution in [1.29, 1.82) is 0 Å². The number of nitrogens with zero attached hydrogens (tertiary/aromatic N) is 3. The maximum Gasteiger partial charge on any atom is 0.225 e. The minimum absolute atomic E-state index is 0. The van der Waals surface area contributed by atoms with Crippen molar-refractivity contribution in [2.24, 2.45) is 10.9 Å². The molecule has 24 heavy (non-hydrogen) atoms. The molecule has 0 spiro atoms. The maximum atomic E-state index is 12.2. The van der Waals surface area contributed by atoms with Gasteiger partial charge in [0, 0.05) is 58.8 Å². The summed E-state index contributed by atoms with van der Waals surface area (Å²) in [6, 6.07) is 0. The van der Waals surface area contributed by atoms with Gasteiger partial charge in [0.15, 0.2) is 5.96 Å².